The number of pyridine rings is 1. The molecule has 2 heterocycles. The molecule has 0 amide bonds. The van der Waals surface area contributed by atoms with E-state index in [9.17, 15) is 4.79 Å². The Hall–Kier alpha value is -2.17. The van der Waals surface area contributed by atoms with Gasteiger partial charge < -0.3 is 13.9 Å². The highest BCUT2D eigenvalue weighted by molar-refractivity contribution is 6.76. The summed E-state index contributed by atoms with van der Waals surface area (Å²) < 4.78 is 9.13. The molecule has 2 rings (SSSR count). The Balaban J connectivity index is 2.26. The van der Waals surface area contributed by atoms with Crippen LogP contribution in [0.2, 0.25) is 25.7 Å². The van der Waals surface area contributed by atoms with Crippen molar-refractivity contribution < 1.29 is 4.74 Å². The van der Waals surface area contributed by atoms with E-state index in [-0.39, 0.29) is 5.56 Å². The molecule has 0 saturated heterocycles. The zero-order chi connectivity index (χ0) is 17.9. The van der Waals surface area contributed by atoms with Crippen molar-refractivity contribution >= 4 is 8.07 Å². The first-order chi connectivity index (χ1) is 11.2. The number of nitriles is 1. The SMILES string of the molecule is Cc1cc(-c2nc(C#N)cn2COCC[Si](C)(C)C)cn(C)c1=O. The largest absolute Gasteiger partial charge is 0.361 e. The van der Waals surface area contributed by atoms with Crippen LogP contribution < -0.4 is 5.56 Å². The van der Waals surface area contributed by atoms with Crippen LogP contribution in [0.3, 0.4) is 0 Å². The molecule has 0 aliphatic rings. The van der Waals surface area contributed by atoms with Gasteiger partial charge in [0.05, 0.1) is 0 Å². The number of hydrogen-bond acceptors (Lipinski definition) is 4. The maximum Gasteiger partial charge on any atom is 0.253 e. The number of nitrogens with zero attached hydrogens (tertiary/aromatic N) is 4. The fraction of sp³-hybridized carbons (Fsp3) is 0.471. The Bertz CT molecular complexity index is 798. The molecule has 0 bridgehead atoms. The molecule has 0 radical (unpaired) electrons. The topological polar surface area (TPSA) is 72.8 Å². The van der Waals surface area contributed by atoms with Gasteiger partial charge in [-0.1, -0.05) is 19.6 Å². The molecular weight excluding hydrogens is 320 g/mol. The zero-order valence-corrected chi connectivity index (χ0v) is 16.0. The molecule has 0 spiro atoms. The fourth-order valence-corrected chi connectivity index (χ4v) is 3.10. The van der Waals surface area contributed by atoms with Crippen LogP contribution in [0.4, 0.5) is 0 Å². The molecule has 24 heavy (non-hydrogen) atoms. The standard InChI is InChI=1S/C17H24N4O2Si/c1-13-8-14(10-20(2)17(13)22)16-19-15(9-18)11-21(16)12-23-6-7-24(3,4)5/h8,10-11H,6-7,12H2,1-5H3. The molecule has 0 unspecified atom stereocenters. The predicted octanol–water partition coefficient (Wildman–Crippen LogP) is 2.74. The van der Waals surface area contributed by atoms with E-state index >= 15 is 0 Å². The number of aromatic nitrogens is 3. The molecule has 0 aliphatic carbocycles. The summed E-state index contributed by atoms with van der Waals surface area (Å²) in [4.78, 5) is 16.2. The van der Waals surface area contributed by atoms with E-state index in [0.29, 0.717) is 30.4 Å². The van der Waals surface area contributed by atoms with Gasteiger partial charge in [0.15, 0.2) is 5.69 Å². The van der Waals surface area contributed by atoms with Gasteiger partial charge in [0, 0.05) is 45.2 Å². The Labute approximate surface area is 143 Å². The molecule has 128 valence electrons. The van der Waals surface area contributed by atoms with Gasteiger partial charge in [-0.25, -0.2) is 4.98 Å². The van der Waals surface area contributed by atoms with E-state index in [1.807, 2.05) is 4.57 Å². The van der Waals surface area contributed by atoms with Crippen LogP contribution in [-0.2, 0) is 18.5 Å². The van der Waals surface area contributed by atoms with Gasteiger partial charge in [-0.3, -0.25) is 4.79 Å². The van der Waals surface area contributed by atoms with Crippen LogP contribution in [0.1, 0.15) is 11.3 Å². The van der Waals surface area contributed by atoms with Crippen molar-refractivity contribution in [1.82, 2.24) is 14.1 Å². The van der Waals surface area contributed by atoms with Crippen LogP contribution >= 0.6 is 0 Å². The molecular formula is C17H24N4O2Si. The summed E-state index contributed by atoms with van der Waals surface area (Å²) >= 11 is 0. The van der Waals surface area contributed by atoms with Crippen molar-refractivity contribution in [2.45, 2.75) is 39.3 Å². The summed E-state index contributed by atoms with van der Waals surface area (Å²) in [5.41, 5.74) is 1.74. The second-order valence-corrected chi connectivity index (χ2v) is 12.8. The minimum absolute atomic E-state index is 0.0382. The van der Waals surface area contributed by atoms with Gasteiger partial charge in [-0.2, -0.15) is 5.26 Å². The van der Waals surface area contributed by atoms with Gasteiger partial charge in [0.1, 0.15) is 18.6 Å². The van der Waals surface area contributed by atoms with E-state index in [4.69, 9.17) is 10.00 Å². The van der Waals surface area contributed by atoms with Crippen molar-refractivity contribution in [3.8, 4) is 17.5 Å². The molecule has 2 aromatic rings. The maximum absolute atomic E-state index is 11.9. The zero-order valence-electron chi connectivity index (χ0n) is 15.0. The Morgan fingerprint density at radius 2 is 2.04 bits per heavy atom. The normalized spacial score (nSPS) is 11.5. The Morgan fingerprint density at radius 1 is 1.33 bits per heavy atom. The van der Waals surface area contributed by atoms with Crippen LogP contribution in [0.25, 0.3) is 11.4 Å². The lowest BCUT2D eigenvalue weighted by atomic mass is 10.2. The summed E-state index contributed by atoms with van der Waals surface area (Å²) in [6.07, 6.45) is 3.42. The van der Waals surface area contributed by atoms with E-state index in [2.05, 4.69) is 30.7 Å². The van der Waals surface area contributed by atoms with Crippen molar-refractivity contribution in [3.05, 3.63) is 40.1 Å². The minimum Gasteiger partial charge on any atom is -0.361 e. The Morgan fingerprint density at radius 3 is 2.62 bits per heavy atom. The number of aryl methyl sites for hydroxylation is 2. The first-order valence-corrected chi connectivity index (χ1v) is 11.6. The third-order valence-corrected chi connectivity index (χ3v) is 5.44. The smallest absolute Gasteiger partial charge is 0.253 e. The maximum atomic E-state index is 11.9. The number of rotatable bonds is 6. The van der Waals surface area contributed by atoms with Crippen molar-refractivity contribution in [3.63, 3.8) is 0 Å². The van der Waals surface area contributed by atoms with Crippen molar-refractivity contribution in [1.29, 1.82) is 5.26 Å². The molecule has 7 heteroatoms. The summed E-state index contributed by atoms with van der Waals surface area (Å²) in [6.45, 7) is 9.73. The molecule has 0 aliphatic heterocycles. The van der Waals surface area contributed by atoms with Crippen LogP contribution in [-0.4, -0.2) is 28.8 Å². The van der Waals surface area contributed by atoms with E-state index in [1.165, 1.54) is 4.57 Å². The first-order valence-electron chi connectivity index (χ1n) is 7.94. The highest BCUT2D eigenvalue weighted by Gasteiger charge is 2.14. The van der Waals surface area contributed by atoms with Gasteiger partial charge in [0.2, 0.25) is 0 Å². The molecule has 0 saturated carbocycles. The molecule has 0 atom stereocenters. The third kappa shape index (κ3) is 4.43. The number of hydrogen-bond donors (Lipinski definition) is 0. The van der Waals surface area contributed by atoms with Crippen LogP contribution in [0.15, 0.2) is 23.3 Å². The van der Waals surface area contributed by atoms with E-state index in [1.54, 1.807) is 32.4 Å². The Kier molecular flexibility index (Phi) is 5.42. The predicted molar refractivity (Wildman–Crippen MR) is 96.5 cm³/mol. The summed E-state index contributed by atoms with van der Waals surface area (Å²) in [5.74, 6) is 0.637. The van der Waals surface area contributed by atoms with Gasteiger partial charge >= 0.3 is 0 Å². The van der Waals surface area contributed by atoms with Crippen LogP contribution in [0, 0.1) is 18.3 Å². The quantitative estimate of drug-likeness (QED) is 0.596. The highest BCUT2D eigenvalue weighted by Crippen LogP contribution is 2.19. The summed E-state index contributed by atoms with van der Waals surface area (Å²) in [6, 6.07) is 4.94. The highest BCUT2D eigenvalue weighted by atomic mass is 28.3. The minimum atomic E-state index is -1.14. The van der Waals surface area contributed by atoms with Crippen molar-refractivity contribution in [2.75, 3.05) is 6.61 Å². The average molecular weight is 344 g/mol. The van der Waals surface area contributed by atoms with Gasteiger partial charge in [-0.15, -0.1) is 0 Å². The number of imidazole rings is 1. The summed E-state index contributed by atoms with van der Waals surface area (Å²) in [7, 11) is 0.574. The second kappa shape index (κ2) is 7.15. The fourth-order valence-electron chi connectivity index (χ4n) is 2.34. The third-order valence-electron chi connectivity index (χ3n) is 3.74. The number of ether oxygens (including phenoxy) is 1. The first kappa shape index (κ1) is 18.2. The van der Waals surface area contributed by atoms with E-state index < -0.39 is 8.07 Å². The molecule has 6 nitrogen and oxygen atoms in total. The lowest BCUT2D eigenvalue weighted by Gasteiger charge is -2.16. The second-order valence-electron chi connectivity index (χ2n) is 7.21. The van der Waals surface area contributed by atoms with Gasteiger partial charge in [-0.05, 0) is 19.0 Å². The lowest BCUT2D eigenvalue weighted by Crippen LogP contribution is -2.22. The summed E-state index contributed by atoms with van der Waals surface area (Å²) in [5, 5.41) is 9.14. The molecule has 0 aromatic carbocycles. The molecule has 0 fully saturated rings. The molecule has 2 aromatic heterocycles. The van der Waals surface area contributed by atoms with E-state index in [0.717, 1.165) is 11.6 Å². The average Bonchev–Trinajstić information content (AvgIpc) is 2.91. The van der Waals surface area contributed by atoms with Gasteiger partial charge in [0.25, 0.3) is 5.56 Å². The van der Waals surface area contributed by atoms with Crippen LogP contribution in [0.5, 0.6) is 0 Å². The lowest BCUT2D eigenvalue weighted by molar-refractivity contribution is 0.0882. The monoisotopic (exact) mass is 344 g/mol. The van der Waals surface area contributed by atoms with Crippen molar-refractivity contribution in [2.24, 2.45) is 7.05 Å². The molecule has 0 N–H and O–H groups in total.